The van der Waals surface area contributed by atoms with Gasteiger partial charge in [-0.2, -0.15) is 0 Å². The summed E-state index contributed by atoms with van der Waals surface area (Å²) in [5, 5.41) is 0. The van der Waals surface area contributed by atoms with Crippen molar-refractivity contribution in [2.75, 3.05) is 13.7 Å². The molecule has 0 aromatic heterocycles. The SMILES string of the molecule is COC(=O)COc1ccc(C(C)N)cc1F. The molecule has 0 aliphatic rings. The molecule has 2 N–H and O–H groups in total. The molecule has 0 heterocycles. The molecule has 0 radical (unpaired) electrons. The van der Waals surface area contributed by atoms with Crippen LogP contribution in [0.2, 0.25) is 0 Å². The minimum absolute atomic E-state index is 0.00907. The quantitative estimate of drug-likeness (QED) is 0.790. The summed E-state index contributed by atoms with van der Waals surface area (Å²) >= 11 is 0. The molecule has 16 heavy (non-hydrogen) atoms. The number of hydrogen-bond acceptors (Lipinski definition) is 4. The third-order valence-corrected chi connectivity index (χ3v) is 2.05. The molecule has 88 valence electrons. The fourth-order valence-electron chi connectivity index (χ4n) is 1.11. The number of benzene rings is 1. The van der Waals surface area contributed by atoms with E-state index in [4.69, 9.17) is 10.5 Å². The Morgan fingerprint density at radius 2 is 2.25 bits per heavy atom. The molecule has 0 amide bonds. The van der Waals surface area contributed by atoms with E-state index in [1.54, 1.807) is 13.0 Å². The molecule has 0 aliphatic carbocycles. The van der Waals surface area contributed by atoms with Gasteiger partial charge >= 0.3 is 5.97 Å². The number of rotatable bonds is 4. The molecule has 0 spiro atoms. The van der Waals surface area contributed by atoms with Gasteiger partial charge in [-0.15, -0.1) is 0 Å². The molecular weight excluding hydrogens is 213 g/mol. The number of esters is 1. The van der Waals surface area contributed by atoms with Crippen molar-refractivity contribution < 1.29 is 18.7 Å². The van der Waals surface area contributed by atoms with Crippen molar-refractivity contribution >= 4 is 5.97 Å². The fraction of sp³-hybridized carbons (Fsp3) is 0.364. The van der Waals surface area contributed by atoms with Crippen LogP contribution in [-0.2, 0) is 9.53 Å². The van der Waals surface area contributed by atoms with Gasteiger partial charge in [0.25, 0.3) is 0 Å². The lowest BCUT2D eigenvalue weighted by atomic mass is 10.1. The number of halogens is 1. The highest BCUT2D eigenvalue weighted by Gasteiger charge is 2.09. The number of hydrogen-bond donors (Lipinski definition) is 1. The summed E-state index contributed by atoms with van der Waals surface area (Å²) in [6.07, 6.45) is 0. The highest BCUT2D eigenvalue weighted by molar-refractivity contribution is 5.70. The highest BCUT2D eigenvalue weighted by atomic mass is 19.1. The van der Waals surface area contributed by atoms with E-state index < -0.39 is 11.8 Å². The van der Waals surface area contributed by atoms with Crippen molar-refractivity contribution in [3.63, 3.8) is 0 Å². The van der Waals surface area contributed by atoms with Gasteiger partial charge in [0, 0.05) is 6.04 Å². The van der Waals surface area contributed by atoms with Gasteiger partial charge in [0.2, 0.25) is 0 Å². The van der Waals surface area contributed by atoms with Crippen molar-refractivity contribution in [3.05, 3.63) is 29.6 Å². The average molecular weight is 227 g/mol. The molecule has 5 heteroatoms. The average Bonchev–Trinajstić information content (AvgIpc) is 2.26. The molecular formula is C11H14FNO3. The molecule has 1 rings (SSSR count). The van der Waals surface area contributed by atoms with Crippen molar-refractivity contribution in [3.8, 4) is 5.75 Å². The summed E-state index contributed by atoms with van der Waals surface area (Å²) < 4.78 is 22.7. The summed E-state index contributed by atoms with van der Waals surface area (Å²) in [5.41, 5.74) is 6.26. The highest BCUT2D eigenvalue weighted by Crippen LogP contribution is 2.20. The Kier molecular flexibility index (Phi) is 4.25. The van der Waals surface area contributed by atoms with Crippen LogP contribution in [0.3, 0.4) is 0 Å². The summed E-state index contributed by atoms with van der Waals surface area (Å²) in [4.78, 5) is 10.8. The van der Waals surface area contributed by atoms with Crippen LogP contribution in [0.15, 0.2) is 18.2 Å². The van der Waals surface area contributed by atoms with E-state index >= 15 is 0 Å². The Balaban J connectivity index is 2.72. The maximum absolute atomic E-state index is 13.4. The number of methoxy groups -OCH3 is 1. The van der Waals surface area contributed by atoms with Crippen LogP contribution in [-0.4, -0.2) is 19.7 Å². The van der Waals surface area contributed by atoms with E-state index in [0.29, 0.717) is 5.56 Å². The molecule has 1 aromatic rings. The first-order chi connectivity index (χ1) is 7.54. The second-order valence-electron chi connectivity index (χ2n) is 3.34. The maximum Gasteiger partial charge on any atom is 0.343 e. The monoisotopic (exact) mass is 227 g/mol. The molecule has 0 saturated carbocycles. The lowest BCUT2D eigenvalue weighted by molar-refractivity contribution is -0.142. The first-order valence-corrected chi connectivity index (χ1v) is 4.79. The second kappa shape index (κ2) is 5.46. The number of ether oxygens (including phenoxy) is 2. The molecule has 1 aromatic carbocycles. The van der Waals surface area contributed by atoms with Gasteiger partial charge in [-0.3, -0.25) is 0 Å². The van der Waals surface area contributed by atoms with E-state index in [1.807, 2.05) is 0 Å². The lowest BCUT2D eigenvalue weighted by Crippen LogP contribution is -2.13. The number of carbonyl (C=O) groups is 1. The van der Waals surface area contributed by atoms with Gasteiger partial charge < -0.3 is 15.2 Å². The largest absolute Gasteiger partial charge is 0.479 e. The van der Waals surface area contributed by atoms with Crippen LogP contribution in [0.1, 0.15) is 18.5 Å². The minimum atomic E-state index is -0.560. The van der Waals surface area contributed by atoms with Crippen LogP contribution in [0.5, 0.6) is 5.75 Å². The van der Waals surface area contributed by atoms with Crippen molar-refractivity contribution in [1.82, 2.24) is 0 Å². The van der Waals surface area contributed by atoms with Crippen LogP contribution in [0.4, 0.5) is 4.39 Å². The van der Waals surface area contributed by atoms with Gasteiger partial charge in [0.1, 0.15) is 0 Å². The number of carbonyl (C=O) groups excluding carboxylic acids is 1. The smallest absolute Gasteiger partial charge is 0.343 e. The Morgan fingerprint density at radius 1 is 1.56 bits per heavy atom. The van der Waals surface area contributed by atoms with E-state index in [0.717, 1.165) is 0 Å². The molecule has 1 unspecified atom stereocenters. The summed E-state index contributed by atoms with van der Waals surface area (Å²) in [5.74, 6) is -1.09. The zero-order chi connectivity index (χ0) is 12.1. The number of nitrogens with two attached hydrogens (primary N) is 1. The molecule has 1 atom stereocenters. The minimum Gasteiger partial charge on any atom is -0.479 e. The third-order valence-electron chi connectivity index (χ3n) is 2.05. The van der Waals surface area contributed by atoms with Crippen LogP contribution >= 0.6 is 0 Å². The Labute approximate surface area is 93.2 Å². The normalized spacial score (nSPS) is 12.0. The first-order valence-electron chi connectivity index (χ1n) is 4.79. The molecule has 4 nitrogen and oxygen atoms in total. The topological polar surface area (TPSA) is 61.5 Å². The summed E-state index contributed by atoms with van der Waals surface area (Å²) in [6.45, 7) is 1.44. The third kappa shape index (κ3) is 3.20. The summed E-state index contributed by atoms with van der Waals surface area (Å²) in [6, 6.07) is 4.14. The lowest BCUT2D eigenvalue weighted by Gasteiger charge is -2.09. The second-order valence-corrected chi connectivity index (χ2v) is 3.34. The zero-order valence-corrected chi connectivity index (χ0v) is 9.20. The zero-order valence-electron chi connectivity index (χ0n) is 9.20. The Morgan fingerprint density at radius 3 is 2.75 bits per heavy atom. The van der Waals surface area contributed by atoms with Gasteiger partial charge in [0.15, 0.2) is 18.2 Å². The van der Waals surface area contributed by atoms with Gasteiger partial charge in [0.05, 0.1) is 7.11 Å². The van der Waals surface area contributed by atoms with E-state index in [9.17, 15) is 9.18 Å². The van der Waals surface area contributed by atoms with Crippen molar-refractivity contribution in [2.45, 2.75) is 13.0 Å². The fourth-order valence-corrected chi connectivity index (χ4v) is 1.11. The first kappa shape index (κ1) is 12.4. The predicted molar refractivity (Wildman–Crippen MR) is 56.5 cm³/mol. The summed E-state index contributed by atoms with van der Waals surface area (Å²) in [7, 11) is 1.24. The molecule has 0 fully saturated rings. The van der Waals surface area contributed by atoms with Gasteiger partial charge in [-0.1, -0.05) is 6.07 Å². The van der Waals surface area contributed by atoms with Crippen molar-refractivity contribution in [1.29, 1.82) is 0 Å². The van der Waals surface area contributed by atoms with E-state index in [2.05, 4.69) is 4.74 Å². The molecule has 0 bridgehead atoms. The van der Waals surface area contributed by atoms with Crippen LogP contribution in [0, 0.1) is 5.82 Å². The Bertz CT molecular complexity index is 379. The molecule has 0 aliphatic heterocycles. The Hall–Kier alpha value is -1.62. The van der Waals surface area contributed by atoms with E-state index in [-0.39, 0.29) is 18.4 Å². The van der Waals surface area contributed by atoms with E-state index in [1.165, 1.54) is 19.2 Å². The predicted octanol–water partition coefficient (Wildman–Crippen LogP) is 1.40. The van der Waals surface area contributed by atoms with Crippen molar-refractivity contribution in [2.24, 2.45) is 5.73 Å². The standard InChI is InChI=1S/C11H14FNO3/c1-7(13)8-3-4-10(9(12)5-8)16-6-11(14)15-2/h3-5,7H,6,13H2,1-2H3. The van der Waals surface area contributed by atoms with Gasteiger partial charge in [-0.05, 0) is 24.6 Å². The van der Waals surface area contributed by atoms with Crippen LogP contribution < -0.4 is 10.5 Å². The molecule has 0 saturated heterocycles. The van der Waals surface area contributed by atoms with Crippen LogP contribution in [0.25, 0.3) is 0 Å². The maximum atomic E-state index is 13.4. The van der Waals surface area contributed by atoms with Gasteiger partial charge in [-0.25, -0.2) is 9.18 Å².